The summed E-state index contributed by atoms with van der Waals surface area (Å²) in [6.45, 7) is 6.96. The molecule has 1 aromatic heterocycles. The van der Waals surface area contributed by atoms with Crippen LogP contribution >= 0.6 is 0 Å². The normalized spacial score (nSPS) is 15.7. The second-order valence-corrected chi connectivity index (χ2v) is 7.12. The maximum Gasteiger partial charge on any atom is 0.315 e. The number of nitrogens with one attached hydrogen (secondary N) is 2. The van der Waals surface area contributed by atoms with E-state index >= 15 is 0 Å². The van der Waals surface area contributed by atoms with Crippen LogP contribution in [0.4, 0.5) is 4.79 Å². The van der Waals surface area contributed by atoms with E-state index < -0.39 is 0 Å². The number of piperidine rings is 1. The Morgan fingerprint density at radius 1 is 1.19 bits per heavy atom. The summed E-state index contributed by atoms with van der Waals surface area (Å²) in [7, 11) is 0. The predicted molar refractivity (Wildman–Crippen MR) is 103 cm³/mol. The first kappa shape index (κ1) is 18.5. The van der Waals surface area contributed by atoms with Crippen LogP contribution in [0, 0.1) is 5.92 Å². The van der Waals surface area contributed by atoms with Crippen LogP contribution in [-0.2, 0) is 6.54 Å². The molecule has 0 radical (unpaired) electrons. The first-order chi connectivity index (χ1) is 12.7. The van der Waals surface area contributed by atoms with Crippen LogP contribution in [0.1, 0.15) is 31.7 Å². The molecule has 0 unspecified atom stereocenters. The lowest BCUT2D eigenvalue weighted by Crippen LogP contribution is -2.38. The first-order valence-electron chi connectivity index (χ1n) is 9.54. The number of benzene rings is 1. The first-order valence-corrected chi connectivity index (χ1v) is 9.54. The smallest absolute Gasteiger partial charge is 0.315 e. The third-order valence-corrected chi connectivity index (χ3v) is 4.92. The van der Waals surface area contributed by atoms with Crippen molar-refractivity contribution >= 4 is 6.03 Å². The third-order valence-electron chi connectivity index (χ3n) is 4.92. The van der Waals surface area contributed by atoms with Crippen LogP contribution in [0.25, 0.3) is 5.69 Å². The molecule has 2 heterocycles. The van der Waals surface area contributed by atoms with Gasteiger partial charge in [0, 0.05) is 24.8 Å². The molecule has 1 aromatic carbocycles. The van der Waals surface area contributed by atoms with Crippen molar-refractivity contribution in [2.24, 2.45) is 5.92 Å². The van der Waals surface area contributed by atoms with Crippen LogP contribution in [0.15, 0.2) is 42.7 Å². The van der Waals surface area contributed by atoms with Crippen LogP contribution in [0.3, 0.4) is 0 Å². The molecule has 0 bridgehead atoms. The Morgan fingerprint density at radius 2 is 1.96 bits per heavy atom. The van der Waals surface area contributed by atoms with E-state index in [1.165, 1.54) is 25.9 Å². The van der Waals surface area contributed by atoms with Gasteiger partial charge in [-0.05, 0) is 56.9 Å². The molecule has 140 valence electrons. The van der Waals surface area contributed by atoms with E-state index in [1.807, 2.05) is 41.2 Å². The minimum absolute atomic E-state index is 0.121. The number of rotatable bonds is 7. The van der Waals surface area contributed by atoms with Gasteiger partial charge in [0.25, 0.3) is 0 Å². The number of amides is 2. The Balaban J connectivity index is 1.31. The highest BCUT2D eigenvalue weighted by Gasteiger charge is 2.14. The van der Waals surface area contributed by atoms with Gasteiger partial charge in [0.1, 0.15) is 0 Å². The van der Waals surface area contributed by atoms with Crippen molar-refractivity contribution in [2.75, 3.05) is 26.2 Å². The third kappa shape index (κ3) is 5.59. The van der Waals surface area contributed by atoms with Gasteiger partial charge in [0.05, 0.1) is 11.9 Å². The molecular weight excluding hydrogens is 326 g/mol. The lowest BCUT2D eigenvalue weighted by Gasteiger charge is -2.30. The summed E-state index contributed by atoms with van der Waals surface area (Å²) in [6.07, 6.45) is 7.31. The molecule has 1 saturated heterocycles. The number of hydrogen-bond donors (Lipinski definition) is 2. The lowest BCUT2D eigenvalue weighted by atomic mass is 9.99. The molecule has 1 fully saturated rings. The van der Waals surface area contributed by atoms with E-state index in [1.54, 1.807) is 6.20 Å². The SMILES string of the molecule is CC1CCN(CCCNC(=O)NCc2cnn(-c3ccccc3)c2)CC1. The van der Waals surface area contributed by atoms with E-state index in [0.29, 0.717) is 13.1 Å². The van der Waals surface area contributed by atoms with Gasteiger partial charge < -0.3 is 15.5 Å². The molecule has 0 spiro atoms. The average molecular weight is 355 g/mol. The van der Waals surface area contributed by atoms with Gasteiger partial charge in [-0.25, -0.2) is 9.48 Å². The fourth-order valence-corrected chi connectivity index (χ4v) is 3.21. The summed E-state index contributed by atoms with van der Waals surface area (Å²) in [5, 5.41) is 10.2. The van der Waals surface area contributed by atoms with E-state index in [-0.39, 0.29) is 6.03 Å². The Labute approximate surface area is 155 Å². The number of urea groups is 1. The van der Waals surface area contributed by atoms with E-state index in [9.17, 15) is 4.79 Å². The van der Waals surface area contributed by atoms with Crippen LogP contribution < -0.4 is 10.6 Å². The van der Waals surface area contributed by atoms with Gasteiger partial charge >= 0.3 is 6.03 Å². The molecule has 6 heteroatoms. The van der Waals surface area contributed by atoms with Crippen LogP contribution in [0.5, 0.6) is 0 Å². The monoisotopic (exact) mass is 355 g/mol. The Hall–Kier alpha value is -2.34. The molecule has 6 nitrogen and oxygen atoms in total. The van der Waals surface area contributed by atoms with Gasteiger partial charge in [-0.15, -0.1) is 0 Å². The topological polar surface area (TPSA) is 62.2 Å². The van der Waals surface area contributed by atoms with Crippen molar-refractivity contribution in [3.8, 4) is 5.69 Å². The summed E-state index contributed by atoms with van der Waals surface area (Å²) in [5.74, 6) is 0.862. The summed E-state index contributed by atoms with van der Waals surface area (Å²) in [5.41, 5.74) is 1.99. The van der Waals surface area contributed by atoms with E-state index in [0.717, 1.165) is 30.1 Å². The van der Waals surface area contributed by atoms with Gasteiger partial charge in [0.15, 0.2) is 0 Å². The maximum absolute atomic E-state index is 11.9. The summed E-state index contributed by atoms with van der Waals surface area (Å²) < 4.78 is 1.81. The predicted octanol–water partition coefficient (Wildman–Crippen LogP) is 2.79. The van der Waals surface area contributed by atoms with Gasteiger partial charge in [0.2, 0.25) is 0 Å². The highest BCUT2D eigenvalue weighted by Crippen LogP contribution is 2.15. The second-order valence-electron chi connectivity index (χ2n) is 7.12. The molecule has 0 aliphatic carbocycles. The Morgan fingerprint density at radius 3 is 2.73 bits per heavy atom. The van der Waals surface area contributed by atoms with Gasteiger partial charge in [-0.3, -0.25) is 0 Å². The molecule has 1 aliphatic heterocycles. The number of likely N-dealkylation sites (tertiary alicyclic amines) is 1. The number of carbonyl (C=O) groups excluding carboxylic acids is 1. The van der Waals surface area contributed by atoms with Crippen molar-refractivity contribution in [2.45, 2.75) is 32.7 Å². The molecule has 1 aliphatic rings. The largest absolute Gasteiger partial charge is 0.338 e. The zero-order valence-corrected chi connectivity index (χ0v) is 15.5. The highest BCUT2D eigenvalue weighted by atomic mass is 16.2. The number of aromatic nitrogens is 2. The minimum Gasteiger partial charge on any atom is -0.338 e. The number of carbonyl (C=O) groups is 1. The van der Waals surface area contributed by atoms with Gasteiger partial charge in [-0.1, -0.05) is 25.1 Å². The summed E-state index contributed by atoms with van der Waals surface area (Å²) in [4.78, 5) is 14.4. The Bertz CT molecular complexity index is 677. The second kappa shape index (κ2) is 9.38. The number of hydrogen-bond acceptors (Lipinski definition) is 3. The summed E-state index contributed by atoms with van der Waals surface area (Å²) in [6, 6.07) is 9.82. The van der Waals surface area contributed by atoms with Crippen molar-refractivity contribution in [3.63, 3.8) is 0 Å². The number of para-hydroxylation sites is 1. The fraction of sp³-hybridized carbons (Fsp3) is 0.500. The Kier molecular flexibility index (Phi) is 6.66. The molecule has 2 aromatic rings. The molecule has 3 rings (SSSR count). The van der Waals surface area contributed by atoms with Crippen molar-refractivity contribution in [1.29, 1.82) is 0 Å². The maximum atomic E-state index is 11.9. The molecule has 26 heavy (non-hydrogen) atoms. The fourth-order valence-electron chi connectivity index (χ4n) is 3.21. The van der Waals surface area contributed by atoms with E-state index in [4.69, 9.17) is 0 Å². The molecule has 0 saturated carbocycles. The quantitative estimate of drug-likeness (QED) is 0.751. The van der Waals surface area contributed by atoms with Crippen molar-refractivity contribution < 1.29 is 4.79 Å². The molecule has 0 atom stereocenters. The molecule has 2 N–H and O–H groups in total. The van der Waals surface area contributed by atoms with Crippen molar-refractivity contribution in [1.82, 2.24) is 25.3 Å². The standard InChI is InChI=1S/C20H29N5O/c1-17-8-12-24(13-9-17)11-5-10-21-20(26)22-14-18-15-23-25(16-18)19-6-3-2-4-7-19/h2-4,6-7,15-17H,5,8-14H2,1H3,(H2,21,22,26). The highest BCUT2D eigenvalue weighted by molar-refractivity contribution is 5.73. The lowest BCUT2D eigenvalue weighted by molar-refractivity contribution is 0.190. The van der Waals surface area contributed by atoms with Crippen molar-refractivity contribution in [3.05, 3.63) is 48.3 Å². The molecular formula is C20H29N5O. The van der Waals surface area contributed by atoms with Crippen LogP contribution in [0.2, 0.25) is 0 Å². The number of nitrogens with zero attached hydrogens (tertiary/aromatic N) is 3. The molecule has 2 amide bonds. The van der Waals surface area contributed by atoms with Crippen LogP contribution in [-0.4, -0.2) is 46.9 Å². The summed E-state index contributed by atoms with van der Waals surface area (Å²) >= 11 is 0. The zero-order chi connectivity index (χ0) is 18.2. The van der Waals surface area contributed by atoms with Gasteiger partial charge in [-0.2, -0.15) is 5.10 Å². The average Bonchev–Trinajstić information content (AvgIpc) is 3.15. The zero-order valence-electron chi connectivity index (χ0n) is 15.5. The minimum atomic E-state index is -0.121. The van der Waals surface area contributed by atoms with E-state index in [2.05, 4.69) is 27.6 Å².